The summed E-state index contributed by atoms with van der Waals surface area (Å²) in [5.74, 6) is -1.09. The van der Waals surface area contributed by atoms with Crippen LogP contribution in [0.4, 0.5) is 0 Å². The zero-order valence-electron chi connectivity index (χ0n) is 16.8. The average Bonchev–Trinajstić information content (AvgIpc) is 2.57. The molecular weight excluding hydrogens is 328 g/mol. The lowest BCUT2D eigenvalue weighted by Crippen LogP contribution is -2.28. The Labute approximate surface area is 158 Å². The van der Waals surface area contributed by atoms with Crippen LogP contribution in [0, 0.1) is 5.92 Å². The predicted octanol–water partition coefficient (Wildman–Crippen LogP) is 5.44. The van der Waals surface area contributed by atoms with Crippen molar-refractivity contribution in [3.8, 4) is 0 Å². The van der Waals surface area contributed by atoms with Gasteiger partial charge in [0.15, 0.2) is 0 Å². The lowest BCUT2D eigenvalue weighted by atomic mass is 9.97. The Balaban J connectivity index is 2.56. The maximum absolute atomic E-state index is 12.5. The van der Waals surface area contributed by atoms with Crippen molar-refractivity contribution in [3.63, 3.8) is 0 Å². The van der Waals surface area contributed by atoms with Gasteiger partial charge in [-0.1, -0.05) is 69.4 Å². The summed E-state index contributed by atoms with van der Waals surface area (Å²) >= 11 is 0. The molecule has 0 unspecified atom stereocenters. The molecule has 0 fully saturated rings. The van der Waals surface area contributed by atoms with Crippen LogP contribution in [0.15, 0.2) is 30.3 Å². The van der Waals surface area contributed by atoms with Crippen LogP contribution in [-0.4, -0.2) is 17.5 Å². The van der Waals surface area contributed by atoms with Crippen molar-refractivity contribution in [1.29, 1.82) is 0 Å². The van der Waals surface area contributed by atoms with Gasteiger partial charge in [0, 0.05) is 0 Å². The van der Waals surface area contributed by atoms with Gasteiger partial charge in [-0.05, 0) is 32.8 Å². The topological polar surface area (TPSA) is 52.6 Å². The largest absolute Gasteiger partial charge is 0.461 e. The van der Waals surface area contributed by atoms with Crippen molar-refractivity contribution in [2.45, 2.75) is 84.8 Å². The van der Waals surface area contributed by atoms with E-state index in [1.54, 1.807) is 0 Å². The maximum Gasteiger partial charge on any atom is 0.309 e. The highest BCUT2D eigenvalue weighted by molar-refractivity contribution is 5.80. The van der Waals surface area contributed by atoms with Crippen molar-refractivity contribution < 1.29 is 19.1 Å². The van der Waals surface area contributed by atoms with Gasteiger partial charge in [0.1, 0.15) is 12.2 Å². The molecule has 26 heavy (non-hydrogen) atoms. The number of esters is 2. The highest BCUT2D eigenvalue weighted by Crippen LogP contribution is 2.20. The predicted molar refractivity (Wildman–Crippen MR) is 104 cm³/mol. The second-order valence-corrected chi connectivity index (χ2v) is 7.78. The number of unbranched alkanes of at least 4 members (excludes halogenated alkanes) is 4. The molecule has 0 aromatic heterocycles. The SMILES string of the molecule is CCCCCCC[C@H](CC(=O)OC(C)(C)C)C(=O)OCc1ccccc1. The Morgan fingerprint density at radius 3 is 2.27 bits per heavy atom. The summed E-state index contributed by atoms with van der Waals surface area (Å²) in [6, 6.07) is 9.58. The Bertz CT molecular complexity index is 531. The van der Waals surface area contributed by atoms with E-state index < -0.39 is 11.5 Å². The summed E-state index contributed by atoms with van der Waals surface area (Å²) in [7, 11) is 0. The van der Waals surface area contributed by atoms with E-state index in [0.29, 0.717) is 6.42 Å². The van der Waals surface area contributed by atoms with Gasteiger partial charge >= 0.3 is 11.9 Å². The van der Waals surface area contributed by atoms with E-state index in [1.165, 1.54) is 12.8 Å². The van der Waals surface area contributed by atoms with E-state index in [9.17, 15) is 9.59 Å². The van der Waals surface area contributed by atoms with Crippen molar-refractivity contribution in [1.82, 2.24) is 0 Å². The summed E-state index contributed by atoms with van der Waals surface area (Å²) < 4.78 is 10.8. The number of carbonyl (C=O) groups is 2. The van der Waals surface area contributed by atoms with Crippen molar-refractivity contribution in [2.75, 3.05) is 0 Å². The van der Waals surface area contributed by atoms with E-state index in [-0.39, 0.29) is 25.0 Å². The normalized spacial score (nSPS) is 12.5. The molecule has 0 spiro atoms. The van der Waals surface area contributed by atoms with Crippen LogP contribution in [0.1, 0.15) is 78.2 Å². The third-order valence-corrected chi connectivity index (χ3v) is 4.05. The lowest BCUT2D eigenvalue weighted by molar-refractivity contribution is -0.162. The Kier molecular flexibility index (Phi) is 10.0. The first-order valence-corrected chi connectivity index (χ1v) is 9.74. The summed E-state index contributed by atoms with van der Waals surface area (Å²) in [4.78, 5) is 24.7. The number of rotatable bonds is 11. The highest BCUT2D eigenvalue weighted by Gasteiger charge is 2.26. The fourth-order valence-electron chi connectivity index (χ4n) is 2.73. The van der Waals surface area contributed by atoms with Gasteiger partial charge in [0.05, 0.1) is 12.3 Å². The number of ether oxygens (including phenoxy) is 2. The molecule has 1 rings (SSSR count). The second-order valence-electron chi connectivity index (χ2n) is 7.78. The molecule has 1 aromatic carbocycles. The van der Waals surface area contributed by atoms with Gasteiger partial charge in [-0.15, -0.1) is 0 Å². The van der Waals surface area contributed by atoms with Gasteiger partial charge in [-0.25, -0.2) is 0 Å². The molecule has 0 saturated heterocycles. The quantitative estimate of drug-likeness (QED) is 0.388. The van der Waals surface area contributed by atoms with E-state index >= 15 is 0 Å². The van der Waals surface area contributed by atoms with E-state index in [1.807, 2.05) is 51.1 Å². The van der Waals surface area contributed by atoms with Crippen molar-refractivity contribution >= 4 is 11.9 Å². The fourth-order valence-corrected chi connectivity index (χ4v) is 2.73. The Morgan fingerprint density at radius 1 is 1.00 bits per heavy atom. The maximum atomic E-state index is 12.5. The minimum absolute atomic E-state index is 0.0820. The summed E-state index contributed by atoms with van der Waals surface area (Å²) in [6.07, 6.45) is 6.29. The molecule has 0 aliphatic rings. The molecule has 4 nitrogen and oxygen atoms in total. The van der Waals surface area contributed by atoms with Gasteiger partial charge < -0.3 is 9.47 Å². The minimum atomic E-state index is -0.545. The Hall–Kier alpha value is -1.84. The van der Waals surface area contributed by atoms with Gasteiger partial charge in [0.2, 0.25) is 0 Å². The molecule has 0 heterocycles. The molecule has 0 amide bonds. The van der Waals surface area contributed by atoms with Crippen molar-refractivity contribution in [2.24, 2.45) is 5.92 Å². The van der Waals surface area contributed by atoms with Gasteiger partial charge in [-0.2, -0.15) is 0 Å². The molecule has 0 aliphatic heterocycles. The van der Waals surface area contributed by atoms with E-state index in [0.717, 1.165) is 24.8 Å². The van der Waals surface area contributed by atoms with Crippen molar-refractivity contribution in [3.05, 3.63) is 35.9 Å². The van der Waals surface area contributed by atoms with Gasteiger partial charge in [0.25, 0.3) is 0 Å². The van der Waals surface area contributed by atoms with E-state index in [2.05, 4.69) is 6.92 Å². The molecular formula is C22H34O4. The molecule has 146 valence electrons. The second kappa shape index (κ2) is 11.7. The number of hydrogen-bond acceptors (Lipinski definition) is 4. The number of carbonyl (C=O) groups excluding carboxylic acids is 2. The first kappa shape index (κ1) is 22.2. The summed E-state index contributed by atoms with van der Waals surface area (Å²) in [5, 5.41) is 0. The third kappa shape index (κ3) is 10.2. The van der Waals surface area contributed by atoms with Crippen LogP contribution in [0.5, 0.6) is 0 Å². The standard InChI is InChI=1S/C22H34O4/c1-5-6-7-8-12-15-19(16-20(23)26-22(2,3)4)21(24)25-17-18-13-10-9-11-14-18/h9-11,13-14,19H,5-8,12,15-17H2,1-4H3/t19-/m1/s1. The Morgan fingerprint density at radius 2 is 1.65 bits per heavy atom. The number of hydrogen-bond donors (Lipinski definition) is 0. The monoisotopic (exact) mass is 362 g/mol. The summed E-state index contributed by atoms with van der Waals surface area (Å²) in [6.45, 7) is 7.90. The average molecular weight is 363 g/mol. The zero-order valence-corrected chi connectivity index (χ0v) is 16.8. The minimum Gasteiger partial charge on any atom is -0.461 e. The van der Waals surface area contributed by atoms with E-state index in [4.69, 9.17) is 9.47 Å². The fraction of sp³-hybridized carbons (Fsp3) is 0.636. The third-order valence-electron chi connectivity index (χ3n) is 4.05. The zero-order chi connectivity index (χ0) is 19.4. The molecule has 4 heteroatoms. The molecule has 0 radical (unpaired) electrons. The molecule has 1 atom stereocenters. The first-order valence-electron chi connectivity index (χ1n) is 9.74. The van der Waals surface area contributed by atoms with Crippen LogP contribution in [0.2, 0.25) is 0 Å². The smallest absolute Gasteiger partial charge is 0.309 e. The van der Waals surface area contributed by atoms with Crippen LogP contribution in [-0.2, 0) is 25.7 Å². The van der Waals surface area contributed by atoms with Crippen LogP contribution < -0.4 is 0 Å². The van der Waals surface area contributed by atoms with Gasteiger partial charge in [-0.3, -0.25) is 9.59 Å². The molecule has 0 bridgehead atoms. The molecule has 0 N–H and O–H groups in total. The molecule has 0 saturated carbocycles. The molecule has 0 aliphatic carbocycles. The lowest BCUT2D eigenvalue weighted by Gasteiger charge is -2.22. The van der Waals surface area contributed by atoms with Crippen LogP contribution in [0.3, 0.4) is 0 Å². The highest BCUT2D eigenvalue weighted by atomic mass is 16.6. The molecule has 1 aromatic rings. The first-order chi connectivity index (χ1) is 12.3. The number of benzene rings is 1. The van der Waals surface area contributed by atoms with Crippen LogP contribution >= 0.6 is 0 Å². The summed E-state index contributed by atoms with van der Waals surface area (Å²) in [5.41, 5.74) is 0.399. The van der Waals surface area contributed by atoms with Crippen LogP contribution in [0.25, 0.3) is 0 Å².